The monoisotopic (exact) mass is 429 g/mol. The number of nitrogens with two attached hydrogens (primary N) is 1. The first-order chi connectivity index (χ1) is 13.8. The van der Waals surface area contributed by atoms with Gasteiger partial charge in [-0.2, -0.15) is 0 Å². The van der Waals surface area contributed by atoms with Crippen molar-refractivity contribution in [2.75, 3.05) is 22.1 Å². The van der Waals surface area contributed by atoms with Gasteiger partial charge in [0.1, 0.15) is 0 Å². The van der Waals surface area contributed by atoms with Gasteiger partial charge in [-0.3, -0.25) is 19.4 Å². The lowest BCUT2D eigenvalue weighted by atomic mass is 10.1. The van der Waals surface area contributed by atoms with E-state index in [4.69, 9.17) is 5.73 Å². The molecule has 2 amide bonds. The van der Waals surface area contributed by atoms with Crippen molar-refractivity contribution in [2.24, 2.45) is 0 Å². The smallest absolute Gasteiger partial charge is 0.277 e. The molecule has 0 fully saturated rings. The van der Waals surface area contributed by atoms with E-state index < -0.39 is 11.5 Å². The van der Waals surface area contributed by atoms with E-state index in [1.807, 2.05) is 32.0 Å². The van der Waals surface area contributed by atoms with Gasteiger partial charge in [-0.15, -0.1) is 11.3 Å². The van der Waals surface area contributed by atoms with Crippen molar-refractivity contribution in [3.8, 4) is 0 Å². The Morgan fingerprint density at radius 3 is 2.69 bits per heavy atom. The number of aromatic amines is 1. The average Bonchev–Trinajstić information content (AvgIpc) is 3.20. The Balaban J connectivity index is 1.63. The molecule has 5 N–H and O–H groups in total. The summed E-state index contributed by atoms with van der Waals surface area (Å²) in [5.74, 6) is -0.752. The predicted octanol–water partition coefficient (Wildman–Crippen LogP) is 3.01. The number of benzene rings is 1. The maximum atomic E-state index is 12.3. The summed E-state index contributed by atoms with van der Waals surface area (Å²) in [6, 6.07) is 9.10. The summed E-state index contributed by atoms with van der Waals surface area (Å²) in [6.45, 7) is 3.89. The van der Waals surface area contributed by atoms with Crippen molar-refractivity contribution in [2.45, 2.75) is 19.0 Å². The predicted molar refractivity (Wildman–Crippen MR) is 117 cm³/mol. The Morgan fingerprint density at radius 1 is 1.24 bits per heavy atom. The van der Waals surface area contributed by atoms with E-state index in [1.54, 1.807) is 17.5 Å². The van der Waals surface area contributed by atoms with Crippen molar-refractivity contribution in [1.82, 2.24) is 9.97 Å². The van der Waals surface area contributed by atoms with E-state index in [0.29, 0.717) is 4.88 Å². The highest BCUT2D eigenvalue weighted by Crippen LogP contribution is 2.20. The van der Waals surface area contributed by atoms with Crippen LogP contribution in [0.2, 0.25) is 0 Å². The Bertz CT molecular complexity index is 1110. The number of nitrogen functional groups attached to an aromatic ring is 1. The number of nitrogens with one attached hydrogen (secondary N) is 3. The molecule has 150 valence electrons. The minimum absolute atomic E-state index is 0.0383. The van der Waals surface area contributed by atoms with Gasteiger partial charge in [-0.1, -0.05) is 35.5 Å². The quantitative estimate of drug-likeness (QED) is 0.352. The number of anilines is 3. The first-order valence-corrected chi connectivity index (χ1v) is 10.4. The molecule has 8 nitrogen and oxygen atoms in total. The molecule has 0 aliphatic heterocycles. The summed E-state index contributed by atoms with van der Waals surface area (Å²) >= 11 is 2.29. The first-order valence-electron chi connectivity index (χ1n) is 8.58. The van der Waals surface area contributed by atoms with Gasteiger partial charge >= 0.3 is 0 Å². The van der Waals surface area contributed by atoms with Crippen LogP contribution in [0.5, 0.6) is 0 Å². The lowest BCUT2D eigenvalue weighted by Gasteiger charge is -2.10. The van der Waals surface area contributed by atoms with Crippen LogP contribution in [0.15, 0.2) is 45.7 Å². The second-order valence-corrected chi connectivity index (χ2v) is 8.13. The van der Waals surface area contributed by atoms with Crippen LogP contribution in [0.3, 0.4) is 0 Å². The molecule has 3 aromatic rings. The van der Waals surface area contributed by atoms with E-state index >= 15 is 0 Å². The SMILES string of the molecule is Cc1ccc(NC(=O)CSc2nc(N)c(NC(=O)c3cccs3)c(=O)[nH]2)c(C)c1. The molecule has 0 saturated carbocycles. The summed E-state index contributed by atoms with van der Waals surface area (Å²) in [5.41, 5.74) is 7.93. The number of rotatable bonds is 6. The second kappa shape index (κ2) is 8.93. The molecular weight excluding hydrogens is 410 g/mol. The largest absolute Gasteiger partial charge is 0.382 e. The summed E-state index contributed by atoms with van der Waals surface area (Å²) in [7, 11) is 0. The molecule has 0 saturated heterocycles. The number of hydrogen-bond donors (Lipinski definition) is 4. The number of carbonyl (C=O) groups excluding carboxylic acids is 2. The minimum Gasteiger partial charge on any atom is -0.382 e. The number of carbonyl (C=O) groups is 2. The van der Waals surface area contributed by atoms with Gasteiger partial charge in [-0.25, -0.2) is 4.98 Å². The molecule has 0 aliphatic carbocycles. The number of aryl methyl sites for hydroxylation is 2. The van der Waals surface area contributed by atoms with E-state index in [2.05, 4.69) is 20.6 Å². The maximum absolute atomic E-state index is 12.3. The minimum atomic E-state index is -0.584. The lowest BCUT2D eigenvalue weighted by Crippen LogP contribution is -2.23. The van der Waals surface area contributed by atoms with E-state index in [1.165, 1.54) is 11.3 Å². The second-order valence-electron chi connectivity index (χ2n) is 6.22. The van der Waals surface area contributed by atoms with Gasteiger partial charge in [0.05, 0.1) is 10.6 Å². The highest BCUT2D eigenvalue weighted by molar-refractivity contribution is 7.99. The van der Waals surface area contributed by atoms with Crippen LogP contribution in [-0.4, -0.2) is 27.5 Å². The number of thiophene rings is 1. The Morgan fingerprint density at radius 2 is 2.03 bits per heavy atom. The molecule has 0 bridgehead atoms. The van der Waals surface area contributed by atoms with Crippen LogP contribution in [0.1, 0.15) is 20.8 Å². The first kappa shape index (κ1) is 20.6. The fourth-order valence-electron chi connectivity index (χ4n) is 2.52. The van der Waals surface area contributed by atoms with Crippen molar-refractivity contribution in [3.05, 3.63) is 62.1 Å². The molecule has 2 aromatic heterocycles. The molecule has 0 atom stereocenters. The van der Waals surface area contributed by atoms with Gasteiger partial charge in [0.25, 0.3) is 11.5 Å². The van der Waals surface area contributed by atoms with Crippen LogP contribution in [0, 0.1) is 13.8 Å². The Kier molecular flexibility index (Phi) is 6.35. The molecule has 0 unspecified atom stereocenters. The number of thioether (sulfide) groups is 1. The number of H-pyrrole nitrogens is 1. The molecule has 2 heterocycles. The van der Waals surface area contributed by atoms with Crippen LogP contribution in [0.25, 0.3) is 0 Å². The Labute approximate surface area is 174 Å². The molecule has 3 rings (SSSR count). The third kappa shape index (κ3) is 5.24. The number of amides is 2. The molecule has 29 heavy (non-hydrogen) atoms. The summed E-state index contributed by atoms with van der Waals surface area (Å²) in [4.78, 5) is 43.6. The van der Waals surface area contributed by atoms with Gasteiger partial charge in [0, 0.05) is 5.69 Å². The highest BCUT2D eigenvalue weighted by atomic mass is 32.2. The topological polar surface area (TPSA) is 130 Å². The fourth-order valence-corrected chi connectivity index (χ4v) is 3.80. The highest BCUT2D eigenvalue weighted by Gasteiger charge is 2.15. The van der Waals surface area contributed by atoms with Crippen molar-refractivity contribution >= 4 is 52.1 Å². The molecule has 0 aliphatic rings. The van der Waals surface area contributed by atoms with Crippen molar-refractivity contribution in [3.63, 3.8) is 0 Å². The summed E-state index contributed by atoms with van der Waals surface area (Å²) in [6.07, 6.45) is 0. The van der Waals surface area contributed by atoms with Gasteiger partial charge in [-0.05, 0) is 36.9 Å². The summed E-state index contributed by atoms with van der Waals surface area (Å²) in [5, 5.41) is 7.24. The lowest BCUT2D eigenvalue weighted by molar-refractivity contribution is -0.113. The normalized spacial score (nSPS) is 10.6. The van der Waals surface area contributed by atoms with E-state index in [9.17, 15) is 14.4 Å². The van der Waals surface area contributed by atoms with E-state index in [-0.39, 0.29) is 28.3 Å². The molecule has 1 aromatic carbocycles. The Hall–Kier alpha value is -3.11. The zero-order valence-corrected chi connectivity index (χ0v) is 17.4. The molecule has 0 radical (unpaired) electrons. The van der Waals surface area contributed by atoms with Crippen LogP contribution >= 0.6 is 23.1 Å². The third-order valence-corrected chi connectivity index (χ3v) is 5.65. The van der Waals surface area contributed by atoms with Crippen LogP contribution in [0.4, 0.5) is 17.2 Å². The van der Waals surface area contributed by atoms with E-state index in [0.717, 1.165) is 28.6 Å². The number of nitrogens with zero attached hydrogens (tertiary/aromatic N) is 1. The average molecular weight is 430 g/mol. The molecule has 0 spiro atoms. The van der Waals surface area contributed by atoms with Crippen molar-refractivity contribution in [1.29, 1.82) is 0 Å². The fraction of sp³-hybridized carbons (Fsp3) is 0.158. The van der Waals surface area contributed by atoms with Gasteiger partial charge in [0.2, 0.25) is 5.91 Å². The van der Waals surface area contributed by atoms with Crippen LogP contribution < -0.4 is 21.9 Å². The zero-order valence-electron chi connectivity index (χ0n) is 15.7. The number of aromatic nitrogens is 2. The number of hydrogen-bond acceptors (Lipinski definition) is 7. The third-order valence-electron chi connectivity index (χ3n) is 3.91. The van der Waals surface area contributed by atoms with Gasteiger partial charge in [0.15, 0.2) is 16.7 Å². The van der Waals surface area contributed by atoms with Crippen molar-refractivity contribution < 1.29 is 9.59 Å². The molecule has 10 heteroatoms. The summed E-state index contributed by atoms with van der Waals surface area (Å²) < 4.78 is 0. The maximum Gasteiger partial charge on any atom is 0.277 e. The van der Waals surface area contributed by atoms with Crippen LogP contribution in [-0.2, 0) is 4.79 Å². The molecular formula is C19H19N5O3S2. The standard InChI is InChI=1S/C19H19N5O3S2/c1-10-5-6-12(11(2)8-10)21-14(25)9-29-19-23-16(20)15(18(27)24-19)22-17(26)13-4-3-7-28-13/h3-8H,9H2,1-2H3,(H,21,25)(H,22,26)(H3,20,23,24,27). The van der Waals surface area contributed by atoms with Gasteiger partial charge < -0.3 is 16.4 Å². The zero-order chi connectivity index (χ0) is 21.0.